The van der Waals surface area contributed by atoms with Crippen LogP contribution in [0.4, 0.5) is 5.82 Å². The predicted molar refractivity (Wildman–Crippen MR) is 102 cm³/mol. The van der Waals surface area contributed by atoms with Gasteiger partial charge in [0, 0.05) is 37.4 Å². The molecule has 0 spiro atoms. The molecular formula is C20H23N5O. The number of piperidine rings is 1. The highest BCUT2D eigenvalue weighted by Crippen LogP contribution is 2.22. The number of amides is 1. The van der Waals surface area contributed by atoms with Crippen LogP contribution >= 0.6 is 0 Å². The van der Waals surface area contributed by atoms with Crippen molar-refractivity contribution in [2.24, 2.45) is 0 Å². The van der Waals surface area contributed by atoms with Crippen molar-refractivity contribution < 1.29 is 4.79 Å². The van der Waals surface area contributed by atoms with E-state index < -0.39 is 0 Å². The lowest BCUT2D eigenvalue weighted by molar-refractivity contribution is 0.0717. The number of carbonyl (C=O) groups excluding carboxylic acids is 1. The Morgan fingerprint density at radius 1 is 1.31 bits per heavy atom. The van der Waals surface area contributed by atoms with Gasteiger partial charge in [0.05, 0.1) is 17.4 Å². The van der Waals surface area contributed by atoms with Crippen molar-refractivity contribution in [1.29, 1.82) is 0 Å². The Balaban J connectivity index is 1.51. The minimum atomic E-state index is 0.0468. The minimum Gasteiger partial charge on any atom is -0.355 e. The smallest absolute Gasteiger partial charge is 0.253 e. The van der Waals surface area contributed by atoms with Crippen LogP contribution in [0.3, 0.4) is 0 Å². The molecule has 3 aromatic rings. The van der Waals surface area contributed by atoms with Gasteiger partial charge in [-0.05, 0) is 50.1 Å². The van der Waals surface area contributed by atoms with Crippen molar-refractivity contribution in [2.45, 2.75) is 25.8 Å². The number of aryl methyl sites for hydroxylation is 1. The van der Waals surface area contributed by atoms with Crippen LogP contribution in [0.15, 0.2) is 42.7 Å². The molecular weight excluding hydrogens is 326 g/mol. The first-order valence-corrected chi connectivity index (χ1v) is 9.01. The summed E-state index contributed by atoms with van der Waals surface area (Å²) in [6.07, 6.45) is 3.71. The van der Waals surface area contributed by atoms with Crippen LogP contribution in [0.25, 0.3) is 11.0 Å². The van der Waals surface area contributed by atoms with Crippen molar-refractivity contribution >= 4 is 22.8 Å². The quantitative estimate of drug-likeness (QED) is 0.789. The monoisotopic (exact) mass is 349 g/mol. The average Bonchev–Trinajstić information content (AvgIpc) is 3.14. The number of likely N-dealkylation sites (N-methyl/N-ethyl adjacent to an activating group) is 1. The molecule has 0 unspecified atom stereocenters. The summed E-state index contributed by atoms with van der Waals surface area (Å²) in [6.45, 7) is 3.80. The molecule has 1 aliphatic rings. The number of H-pyrrole nitrogens is 1. The van der Waals surface area contributed by atoms with Crippen LogP contribution in [0.2, 0.25) is 0 Å². The highest BCUT2D eigenvalue weighted by Gasteiger charge is 2.27. The van der Waals surface area contributed by atoms with Gasteiger partial charge in [-0.1, -0.05) is 6.07 Å². The Morgan fingerprint density at radius 2 is 2.19 bits per heavy atom. The van der Waals surface area contributed by atoms with Gasteiger partial charge in [-0.15, -0.1) is 0 Å². The van der Waals surface area contributed by atoms with E-state index in [4.69, 9.17) is 0 Å². The summed E-state index contributed by atoms with van der Waals surface area (Å²) in [7, 11) is 1.90. The molecule has 6 heteroatoms. The largest absolute Gasteiger partial charge is 0.355 e. The maximum atomic E-state index is 13.0. The average molecular weight is 349 g/mol. The summed E-state index contributed by atoms with van der Waals surface area (Å²) in [5.74, 6) is 1.04. The number of aromatic nitrogens is 3. The van der Waals surface area contributed by atoms with E-state index in [1.54, 1.807) is 6.33 Å². The van der Waals surface area contributed by atoms with Crippen LogP contribution in [-0.2, 0) is 0 Å². The van der Waals surface area contributed by atoms with Gasteiger partial charge in [-0.25, -0.2) is 9.97 Å². The van der Waals surface area contributed by atoms with Crippen molar-refractivity contribution in [1.82, 2.24) is 19.9 Å². The Kier molecular flexibility index (Phi) is 4.32. The molecule has 1 amide bonds. The van der Waals surface area contributed by atoms with Crippen molar-refractivity contribution in [3.63, 3.8) is 0 Å². The van der Waals surface area contributed by atoms with E-state index in [1.165, 1.54) is 0 Å². The van der Waals surface area contributed by atoms with Crippen LogP contribution in [0.5, 0.6) is 0 Å². The summed E-state index contributed by atoms with van der Waals surface area (Å²) in [6, 6.07) is 11.9. The molecule has 26 heavy (non-hydrogen) atoms. The molecule has 4 rings (SSSR count). The Bertz CT molecular complexity index is 935. The molecule has 1 atom stereocenters. The maximum absolute atomic E-state index is 13.0. The van der Waals surface area contributed by atoms with Gasteiger partial charge in [0.2, 0.25) is 0 Å². The summed E-state index contributed by atoms with van der Waals surface area (Å²) < 4.78 is 0. The Hall–Kier alpha value is -2.89. The fourth-order valence-corrected chi connectivity index (χ4v) is 3.62. The molecule has 1 saturated heterocycles. The fourth-order valence-electron chi connectivity index (χ4n) is 3.62. The molecule has 134 valence electrons. The standard InChI is InChI=1S/C20H23N5O/c1-14-5-3-7-19(23-14)25-10-4-6-16(12-25)24(2)20(26)15-8-9-17-18(11-15)22-13-21-17/h3,5,7-9,11,13,16H,4,6,10,12H2,1-2H3,(H,21,22)/t16-/m1/s1. The topological polar surface area (TPSA) is 65.1 Å². The molecule has 6 nitrogen and oxygen atoms in total. The highest BCUT2D eigenvalue weighted by atomic mass is 16.2. The molecule has 0 saturated carbocycles. The predicted octanol–water partition coefficient (Wildman–Crippen LogP) is 3.01. The Labute approximate surface area is 152 Å². The first-order chi connectivity index (χ1) is 12.6. The molecule has 1 N–H and O–H groups in total. The van der Waals surface area contributed by atoms with E-state index in [2.05, 4.69) is 19.9 Å². The summed E-state index contributed by atoms with van der Waals surface area (Å²) in [5.41, 5.74) is 3.47. The van der Waals surface area contributed by atoms with Gasteiger partial charge < -0.3 is 14.8 Å². The number of pyridine rings is 1. The van der Waals surface area contributed by atoms with Gasteiger partial charge >= 0.3 is 0 Å². The minimum absolute atomic E-state index is 0.0468. The molecule has 0 bridgehead atoms. The zero-order valence-corrected chi connectivity index (χ0v) is 15.1. The van der Waals surface area contributed by atoms with E-state index in [1.807, 2.05) is 55.3 Å². The van der Waals surface area contributed by atoms with Gasteiger partial charge in [0.1, 0.15) is 5.82 Å². The molecule has 0 aliphatic carbocycles. The number of carbonyl (C=O) groups is 1. The molecule has 1 aromatic carbocycles. The molecule has 1 aliphatic heterocycles. The lowest BCUT2D eigenvalue weighted by Crippen LogP contribution is -2.48. The molecule has 3 heterocycles. The zero-order chi connectivity index (χ0) is 18.1. The summed E-state index contributed by atoms with van der Waals surface area (Å²) >= 11 is 0. The van der Waals surface area contributed by atoms with E-state index in [0.29, 0.717) is 5.56 Å². The Morgan fingerprint density at radius 3 is 3.04 bits per heavy atom. The molecule has 0 radical (unpaired) electrons. The van der Waals surface area contributed by atoms with E-state index in [9.17, 15) is 4.79 Å². The second-order valence-corrected chi connectivity index (χ2v) is 6.93. The number of anilines is 1. The third-order valence-corrected chi connectivity index (χ3v) is 5.13. The summed E-state index contributed by atoms with van der Waals surface area (Å²) in [4.78, 5) is 29.0. The van der Waals surface area contributed by atoms with Crippen molar-refractivity contribution in [3.05, 3.63) is 54.0 Å². The first kappa shape index (κ1) is 16.6. The summed E-state index contributed by atoms with van der Waals surface area (Å²) in [5, 5.41) is 0. The lowest BCUT2D eigenvalue weighted by atomic mass is 10.0. The maximum Gasteiger partial charge on any atom is 0.253 e. The van der Waals surface area contributed by atoms with Crippen LogP contribution in [0, 0.1) is 6.92 Å². The third kappa shape index (κ3) is 3.14. The van der Waals surface area contributed by atoms with Gasteiger partial charge in [0.25, 0.3) is 5.91 Å². The number of nitrogens with zero attached hydrogens (tertiary/aromatic N) is 4. The number of hydrogen-bond donors (Lipinski definition) is 1. The SMILES string of the molecule is Cc1cccc(N2CCC[C@@H](N(C)C(=O)c3ccc4nc[nH]c4c3)C2)n1. The van der Waals surface area contributed by atoms with Crippen molar-refractivity contribution in [3.8, 4) is 0 Å². The van der Waals surface area contributed by atoms with E-state index >= 15 is 0 Å². The normalized spacial score (nSPS) is 17.5. The van der Waals surface area contributed by atoms with Gasteiger partial charge in [-0.3, -0.25) is 4.79 Å². The van der Waals surface area contributed by atoms with E-state index in [-0.39, 0.29) is 11.9 Å². The zero-order valence-electron chi connectivity index (χ0n) is 15.1. The second-order valence-electron chi connectivity index (χ2n) is 6.93. The highest BCUT2D eigenvalue weighted by molar-refractivity contribution is 5.97. The number of aromatic amines is 1. The van der Waals surface area contributed by atoms with Crippen molar-refractivity contribution in [2.75, 3.05) is 25.0 Å². The number of fused-ring (bicyclic) bond motifs is 1. The van der Waals surface area contributed by atoms with Crippen LogP contribution < -0.4 is 4.90 Å². The number of imidazole rings is 1. The number of nitrogens with one attached hydrogen (secondary N) is 1. The number of hydrogen-bond acceptors (Lipinski definition) is 4. The van der Waals surface area contributed by atoms with Gasteiger partial charge in [0.15, 0.2) is 0 Å². The van der Waals surface area contributed by atoms with E-state index in [0.717, 1.165) is 48.5 Å². The lowest BCUT2D eigenvalue weighted by Gasteiger charge is -2.38. The third-order valence-electron chi connectivity index (χ3n) is 5.13. The molecule has 1 fully saturated rings. The number of benzene rings is 1. The second kappa shape index (κ2) is 6.78. The fraction of sp³-hybridized carbons (Fsp3) is 0.350. The first-order valence-electron chi connectivity index (χ1n) is 9.01. The molecule has 2 aromatic heterocycles. The van der Waals surface area contributed by atoms with Crippen LogP contribution in [-0.4, -0.2) is 51.9 Å². The number of rotatable bonds is 3. The van der Waals surface area contributed by atoms with Gasteiger partial charge in [-0.2, -0.15) is 0 Å². The van der Waals surface area contributed by atoms with Crippen LogP contribution in [0.1, 0.15) is 28.9 Å².